The van der Waals surface area contributed by atoms with Crippen molar-refractivity contribution in [3.8, 4) is 0 Å². The van der Waals surface area contributed by atoms with Crippen LogP contribution in [-0.2, 0) is 4.74 Å². The first-order chi connectivity index (χ1) is 6.63. The molecule has 0 fully saturated rings. The van der Waals surface area contributed by atoms with Crippen LogP contribution in [0.2, 0.25) is 0 Å². The fourth-order valence-corrected chi connectivity index (χ4v) is 1.22. The Morgan fingerprint density at radius 1 is 1.57 bits per heavy atom. The van der Waals surface area contributed by atoms with E-state index < -0.39 is 0 Å². The predicted molar refractivity (Wildman–Crippen MR) is 52.2 cm³/mol. The number of methoxy groups -OCH3 is 1. The lowest BCUT2D eigenvalue weighted by Crippen LogP contribution is -2.18. The monoisotopic (exact) mass is 198 g/mol. The van der Waals surface area contributed by atoms with E-state index >= 15 is 0 Å². The van der Waals surface area contributed by atoms with Crippen molar-refractivity contribution < 1.29 is 9.13 Å². The van der Waals surface area contributed by atoms with Gasteiger partial charge in [-0.3, -0.25) is 4.98 Å². The van der Waals surface area contributed by atoms with Gasteiger partial charge in [-0.1, -0.05) is 0 Å². The number of nitrogens with two attached hydrogens (primary N) is 1. The van der Waals surface area contributed by atoms with Gasteiger partial charge in [-0.05, 0) is 25.0 Å². The molecule has 78 valence electrons. The van der Waals surface area contributed by atoms with Crippen molar-refractivity contribution in [2.45, 2.75) is 25.5 Å². The number of ether oxygens (including phenoxy) is 1. The fraction of sp³-hybridized carbons (Fsp3) is 0.500. The van der Waals surface area contributed by atoms with Crippen LogP contribution in [0.25, 0.3) is 0 Å². The number of halogens is 1. The number of nitrogens with zero attached hydrogens (tertiary/aromatic N) is 1. The Bertz CT molecular complexity index is 293. The average molecular weight is 198 g/mol. The Morgan fingerprint density at radius 2 is 2.29 bits per heavy atom. The Morgan fingerprint density at radius 3 is 2.86 bits per heavy atom. The minimum Gasteiger partial charge on any atom is -0.382 e. The summed E-state index contributed by atoms with van der Waals surface area (Å²) in [5.41, 5.74) is 6.56. The number of rotatable bonds is 4. The molecule has 0 aliphatic heterocycles. The van der Waals surface area contributed by atoms with Gasteiger partial charge in [0.25, 0.3) is 0 Å². The normalized spacial score (nSPS) is 15.1. The number of hydrogen-bond donors (Lipinski definition) is 1. The quantitative estimate of drug-likeness (QED) is 0.800. The van der Waals surface area contributed by atoms with Crippen LogP contribution in [0.1, 0.15) is 24.9 Å². The lowest BCUT2D eigenvalue weighted by Gasteiger charge is -2.15. The third-order valence-corrected chi connectivity index (χ3v) is 2.14. The standard InChI is InChI=1S/C10H15FN2O/c1-7(14-2)3-10(12)8-4-9(11)6-13-5-8/h4-7,10H,3,12H2,1-2H3. The predicted octanol–water partition coefficient (Wildman–Crippen LogP) is 1.65. The second-order valence-electron chi connectivity index (χ2n) is 3.33. The number of aromatic nitrogens is 1. The summed E-state index contributed by atoms with van der Waals surface area (Å²) in [6.07, 6.45) is 3.46. The summed E-state index contributed by atoms with van der Waals surface area (Å²) in [5, 5.41) is 0. The van der Waals surface area contributed by atoms with E-state index in [-0.39, 0.29) is 18.0 Å². The van der Waals surface area contributed by atoms with Crippen LogP contribution in [-0.4, -0.2) is 18.2 Å². The summed E-state index contributed by atoms with van der Waals surface area (Å²) in [7, 11) is 1.63. The minimum atomic E-state index is -0.358. The molecule has 1 aromatic heterocycles. The van der Waals surface area contributed by atoms with E-state index in [2.05, 4.69) is 4.98 Å². The van der Waals surface area contributed by atoms with E-state index in [1.807, 2.05) is 6.92 Å². The molecule has 4 heteroatoms. The molecule has 2 unspecified atom stereocenters. The molecule has 0 bridgehead atoms. The molecular weight excluding hydrogens is 183 g/mol. The lowest BCUT2D eigenvalue weighted by atomic mass is 10.0. The highest BCUT2D eigenvalue weighted by atomic mass is 19.1. The number of hydrogen-bond acceptors (Lipinski definition) is 3. The molecule has 0 saturated carbocycles. The molecule has 0 amide bonds. The second-order valence-corrected chi connectivity index (χ2v) is 3.33. The maximum atomic E-state index is 12.8. The Kier molecular flexibility index (Phi) is 3.98. The van der Waals surface area contributed by atoms with Crippen LogP contribution in [0, 0.1) is 5.82 Å². The molecule has 0 saturated heterocycles. The summed E-state index contributed by atoms with van der Waals surface area (Å²) in [4.78, 5) is 3.74. The SMILES string of the molecule is COC(C)CC(N)c1cncc(F)c1. The molecule has 2 atom stereocenters. The molecule has 0 radical (unpaired) electrons. The van der Waals surface area contributed by atoms with Gasteiger partial charge in [0.1, 0.15) is 5.82 Å². The highest BCUT2D eigenvalue weighted by Crippen LogP contribution is 2.16. The average Bonchev–Trinajstić information content (AvgIpc) is 2.17. The molecular formula is C10H15FN2O. The topological polar surface area (TPSA) is 48.1 Å². The van der Waals surface area contributed by atoms with Crippen molar-refractivity contribution >= 4 is 0 Å². The van der Waals surface area contributed by atoms with E-state index in [0.717, 1.165) is 6.20 Å². The fourth-order valence-electron chi connectivity index (χ4n) is 1.22. The van der Waals surface area contributed by atoms with Crippen LogP contribution >= 0.6 is 0 Å². The van der Waals surface area contributed by atoms with Gasteiger partial charge in [-0.25, -0.2) is 4.39 Å². The Labute approximate surface area is 83.1 Å². The summed E-state index contributed by atoms with van der Waals surface area (Å²) < 4.78 is 17.9. The van der Waals surface area contributed by atoms with Gasteiger partial charge < -0.3 is 10.5 Å². The molecule has 1 rings (SSSR count). The zero-order chi connectivity index (χ0) is 10.6. The Hall–Kier alpha value is -1.00. The molecule has 1 heterocycles. The van der Waals surface area contributed by atoms with E-state index in [0.29, 0.717) is 12.0 Å². The van der Waals surface area contributed by atoms with Gasteiger partial charge in [0.2, 0.25) is 0 Å². The van der Waals surface area contributed by atoms with Crippen molar-refractivity contribution in [2.24, 2.45) is 5.73 Å². The van der Waals surface area contributed by atoms with Crippen LogP contribution in [0.3, 0.4) is 0 Å². The third kappa shape index (κ3) is 3.05. The molecule has 14 heavy (non-hydrogen) atoms. The molecule has 0 spiro atoms. The van der Waals surface area contributed by atoms with E-state index in [1.165, 1.54) is 6.07 Å². The van der Waals surface area contributed by atoms with E-state index in [9.17, 15) is 4.39 Å². The molecule has 0 aromatic carbocycles. The van der Waals surface area contributed by atoms with Crippen LogP contribution < -0.4 is 5.73 Å². The first-order valence-electron chi connectivity index (χ1n) is 4.52. The molecule has 2 N–H and O–H groups in total. The number of pyridine rings is 1. The van der Waals surface area contributed by atoms with Crippen molar-refractivity contribution in [3.63, 3.8) is 0 Å². The van der Waals surface area contributed by atoms with Crippen molar-refractivity contribution in [1.29, 1.82) is 0 Å². The van der Waals surface area contributed by atoms with Crippen LogP contribution in [0.5, 0.6) is 0 Å². The Balaban J connectivity index is 2.64. The van der Waals surface area contributed by atoms with Crippen molar-refractivity contribution in [2.75, 3.05) is 7.11 Å². The van der Waals surface area contributed by atoms with Gasteiger partial charge in [0.05, 0.1) is 12.3 Å². The van der Waals surface area contributed by atoms with Gasteiger partial charge in [-0.15, -0.1) is 0 Å². The largest absolute Gasteiger partial charge is 0.382 e. The summed E-state index contributed by atoms with van der Waals surface area (Å²) >= 11 is 0. The summed E-state index contributed by atoms with van der Waals surface area (Å²) in [6, 6.07) is 1.17. The highest BCUT2D eigenvalue weighted by molar-refractivity contribution is 5.14. The van der Waals surface area contributed by atoms with Gasteiger partial charge in [0, 0.05) is 19.3 Å². The third-order valence-electron chi connectivity index (χ3n) is 2.14. The second kappa shape index (κ2) is 5.02. The molecule has 3 nitrogen and oxygen atoms in total. The summed E-state index contributed by atoms with van der Waals surface area (Å²) in [5.74, 6) is -0.358. The zero-order valence-electron chi connectivity index (χ0n) is 8.40. The molecule has 1 aromatic rings. The highest BCUT2D eigenvalue weighted by Gasteiger charge is 2.11. The first-order valence-corrected chi connectivity index (χ1v) is 4.52. The van der Waals surface area contributed by atoms with E-state index in [4.69, 9.17) is 10.5 Å². The molecule has 0 aliphatic rings. The van der Waals surface area contributed by atoms with Crippen LogP contribution in [0.4, 0.5) is 4.39 Å². The minimum absolute atomic E-state index is 0.0632. The maximum Gasteiger partial charge on any atom is 0.141 e. The van der Waals surface area contributed by atoms with Crippen molar-refractivity contribution in [1.82, 2.24) is 4.98 Å². The molecule has 0 aliphatic carbocycles. The summed E-state index contributed by atoms with van der Waals surface area (Å²) in [6.45, 7) is 1.92. The van der Waals surface area contributed by atoms with Gasteiger partial charge >= 0.3 is 0 Å². The van der Waals surface area contributed by atoms with Crippen molar-refractivity contribution in [3.05, 3.63) is 29.8 Å². The van der Waals surface area contributed by atoms with Crippen LogP contribution in [0.15, 0.2) is 18.5 Å². The lowest BCUT2D eigenvalue weighted by molar-refractivity contribution is 0.104. The van der Waals surface area contributed by atoms with Gasteiger partial charge in [-0.2, -0.15) is 0 Å². The smallest absolute Gasteiger partial charge is 0.141 e. The van der Waals surface area contributed by atoms with Gasteiger partial charge in [0.15, 0.2) is 0 Å². The first kappa shape index (κ1) is 11.1. The zero-order valence-corrected chi connectivity index (χ0v) is 8.40. The van der Waals surface area contributed by atoms with E-state index in [1.54, 1.807) is 13.3 Å². The maximum absolute atomic E-state index is 12.8.